The highest BCUT2D eigenvalue weighted by Crippen LogP contribution is 2.26. The molecule has 1 heterocycles. The first-order valence-corrected chi connectivity index (χ1v) is 8.72. The fourth-order valence-corrected chi connectivity index (χ4v) is 2.57. The van der Waals surface area contributed by atoms with Gasteiger partial charge in [0, 0.05) is 17.2 Å². The van der Waals surface area contributed by atoms with E-state index in [0.29, 0.717) is 28.1 Å². The van der Waals surface area contributed by atoms with Gasteiger partial charge in [-0.25, -0.2) is 14.0 Å². The van der Waals surface area contributed by atoms with Crippen molar-refractivity contribution in [2.45, 2.75) is 13.5 Å². The summed E-state index contributed by atoms with van der Waals surface area (Å²) in [5, 5.41) is 3.93. The van der Waals surface area contributed by atoms with Crippen molar-refractivity contribution < 1.29 is 28.0 Å². The zero-order valence-electron chi connectivity index (χ0n) is 15.8. The van der Waals surface area contributed by atoms with Gasteiger partial charge in [-0.15, -0.1) is 0 Å². The molecule has 0 aliphatic carbocycles. The van der Waals surface area contributed by atoms with Crippen LogP contribution in [-0.2, 0) is 20.9 Å². The predicted octanol–water partition coefficient (Wildman–Crippen LogP) is 4.33. The summed E-state index contributed by atoms with van der Waals surface area (Å²) in [6.45, 7) is 1.73. The van der Waals surface area contributed by atoms with Gasteiger partial charge < -0.3 is 14.0 Å². The zero-order valence-corrected chi connectivity index (χ0v) is 15.8. The number of methoxy groups -OCH3 is 1. The summed E-state index contributed by atoms with van der Waals surface area (Å²) in [4.78, 5) is 23.4. The Morgan fingerprint density at radius 1 is 1.10 bits per heavy atom. The van der Waals surface area contributed by atoms with E-state index in [4.69, 9.17) is 9.26 Å². The molecule has 3 rings (SSSR count). The quantitative estimate of drug-likeness (QED) is 0.457. The lowest BCUT2D eigenvalue weighted by Gasteiger charge is -2.01. The summed E-state index contributed by atoms with van der Waals surface area (Å²) >= 11 is 0. The van der Waals surface area contributed by atoms with Gasteiger partial charge in [0.1, 0.15) is 18.1 Å². The topological polar surface area (TPSA) is 78.6 Å². The lowest BCUT2D eigenvalue weighted by atomic mass is 10.1. The summed E-state index contributed by atoms with van der Waals surface area (Å²) in [5.41, 5.74) is 3.03. The average molecular weight is 395 g/mol. The Morgan fingerprint density at radius 2 is 1.79 bits per heavy atom. The minimum absolute atomic E-state index is 0.0546. The van der Waals surface area contributed by atoms with E-state index in [-0.39, 0.29) is 12.4 Å². The highest BCUT2D eigenvalue weighted by atomic mass is 19.1. The van der Waals surface area contributed by atoms with E-state index in [2.05, 4.69) is 9.89 Å². The molecule has 148 valence electrons. The van der Waals surface area contributed by atoms with Crippen LogP contribution in [0.5, 0.6) is 0 Å². The number of nitrogens with zero attached hydrogens (tertiary/aromatic N) is 1. The maximum absolute atomic E-state index is 13.1. The first-order valence-electron chi connectivity index (χ1n) is 8.72. The fourth-order valence-electron chi connectivity index (χ4n) is 2.57. The van der Waals surface area contributed by atoms with Crippen LogP contribution in [0.25, 0.3) is 17.4 Å². The van der Waals surface area contributed by atoms with Crippen LogP contribution in [0.3, 0.4) is 0 Å². The van der Waals surface area contributed by atoms with E-state index in [1.165, 1.54) is 25.3 Å². The SMILES string of the molecule is COC(=O)c1ccc(/C=C/C(=O)OCc2noc(-c3ccc(F)cc3)c2C)cc1. The van der Waals surface area contributed by atoms with Crippen LogP contribution in [0.15, 0.2) is 59.1 Å². The zero-order chi connectivity index (χ0) is 20.8. The summed E-state index contributed by atoms with van der Waals surface area (Å²) in [6.07, 6.45) is 2.85. The Morgan fingerprint density at radius 3 is 2.45 bits per heavy atom. The Balaban J connectivity index is 1.59. The van der Waals surface area contributed by atoms with Crippen LogP contribution in [0, 0.1) is 12.7 Å². The van der Waals surface area contributed by atoms with E-state index in [0.717, 1.165) is 5.56 Å². The van der Waals surface area contributed by atoms with Gasteiger partial charge in [-0.3, -0.25) is 0 Å². The monoisotopic (exact) mass is 395 g/mol. The van der Waals surface area contributed by atoms with Gasteiger partial charge in [0.15, 0.2) is 5.76 Å². The lowest BCUT2D eigenvalue weighted by Crippen LogP contribution is -2.02. The predicted molar refractivity (Wildman–Crippen MR) is 103 cm³/mol. The van der Waals surface area contributed by atoms with Gasteiger partial charge in [0.25, 0.3) is 0 Å². The minimum atomic E-state index is -0.548. The average Bonchev–Trinajstić information content (AvgIpc) is 3.11. The van der Waals surface area contributed by atoms with Crippen LogP contribution in [0.4, 0.5) is 4.39 Å². The molecule has 0 saturated carbocycles. The lowest BCUT2D eigenvalue weighted by molar-refractivity contribution is -0.139. The molecule has 0 fully saturated rings. The molecule has 0 radical (unpaired) electrons. The molecule has 0 amide bonds. The van der Waals surface area contributed by atoms with Gasteiger partial charge in [0.05, 0.1) is 12.7 Å². The van der Waals surface area contributed by atoms with Gasteiger partial charge >= 0.3 is 11.9 Å². The third-order valence-corrected chi connectivity index (χ3v) is 4.22. The van der Waals surface area contributed by atoms with Gasteiger partial charge in [-0.1, -0.05) is 17.3 Å². The molecule has 0 N–H and O–H groups in total. The minimum Gasteiger partial charge on any atom is -0.465 e. The third-order valence-electron chi connectivity index (χ3n) is 4.22. The molecule has 2 aromatic carbocycles. The molecule has 0 atom stereocenters. The third kappa shape index (κ3) is 4.95. The van der Waals surface area contributed by atoms with Crippen molar-refractivity contribution in [3.05, 3.63) is 82.8 Å². The molecule has 0 unspecified atom stereocenters. The van der Waals surface area contributed by atoms with E-state index in [1.54, 1.807) is 49.4 Å². The standard InChI is InChI=1S/C22H18FNO5/c1-14-19(24-29-21(14)16-8-10-18(23)11-9-16)13-28-20(25)12-5-15-3-6-17(7-4-15)22(26)27-2/h3-12H,13H2,1-2H3/b12-5+. The van der Waals surface area contributed by atoms with E-state index < -0.39 is 11.9 Å². The number of ether oxygens (including phenoxy) is 2. The van der Waals surface area contributed by atoms with Crippen LogP contribution < -0.4 is 0 Å². The molecule has 0 aliphatic heterocycles. The maximum Gasteiger partial charge on any atom is 0.337 e. The summed E-state index contributed by atoms with van der Waals surface area (Å²) < 4.78 is 28.2. The Bertz CT molecular complexity index is 1040. The van der Waals surface area contributed by atoms with E-state index >= 15 is 0 Å². The first kappa shape index (κ1) is 20.0. The fraction of sp³-hybridized carbons (Fsp3) is 0.136. The molecule has 7 heteroatoms. The van der Waals surface area contributed by atoms with Gasteiger partial charge in [0.2, 0.25) is 0 Å². The number of hydrogen-bond acceptors (Lipinski definition) is 6. The van der Waals surface area contributed by atoms with Crippen molar-refractivity contribution in [2.75, 3.05) is 7.11 Å². The molecular formula is C22H18FNO5. The molecule has 0 spiro atoms. The molecule has 1 aromatic heterocycles. The Hall–Kier alpha value is -3.74. The molecule has 0 saturated heterocycles. The van der Waals surface area contributed by atoms with Crippen LogP contribution in [-0.4, -0.2) is 24.2 Å². The second kappa shape index (κ2) is 8.97. The normalized spacial score (nSPS) is 10.9. The van der Waals surface area contributed by atoms with Crippen molar-refractivity contribution in [1.82, 2.24) is 5.16 Å². The van der Waals surface area contributed by atoms with Crippen LogP contribution >= 0.6 is 0 Å². The number of benzene rings is 2. The second-order valence-electron chi connectivity index (χ2n) is 6.14. The molecule has 3 aromatic rings. The highest BCUT2D eigenvalue weighted by Gasteiger charge is 2.15. The number of aromatic nitrogens is 1. The number of carbonyl (C=O) groups excluding carboxylic acids is 2. The Labute approximate surface area is 166 Å². The van der Waals surface area contributed by atoms with Crippen LogP contribution in [0.1, 0.15) is 27.2 Å². The number of hydrogen-bond donors (Lipinski definition) is 0. The van der Waals surface area contributed by atoms with Crippen molar-refractivity contribution >= 4 is 18.0 Å². The molecule has 6 nitrogen and oxygen atoms in total. The number of carbonyl (C=O) groups is 2. The summed E-state index contributed by atoms with van der Waals surface area (Å²) in [5.74, 6) is -0.820. The van der Waals surface area contributed by atoms with Crippen molar-refractivity contribution in [1.29, 1.82) is 0 Å². The largest absolute Gasteiger partial charge is 0.465 e. The highest BCUT2D eigenvalue weighted by molar-refractivity contribution is 5.90. The summed E-state index contributed by atoms with van der Waals surface area (Å²) in [6, 6.07) is 12.4. The van der Waals surface area contributed by atoms with Gasteiger partial charge in [-0.05, 0) is 55.0 Å². The maximum atomic E-state index is 13.1. The molecule has 0 bridgehead atoms. The molecular weight excluding hydrogens is 377 g/mol. The van der Waals surface area contributed by atoms with Crippen molar-refractivity contribution in [3.63, 3.8) is 0 Å². The molecule has 29 heavy (non-hydrogen) atoms. The second-order valence-corrected chi connectivity index (χ2v) is 6.14. The summed E-state index contributed by atoms with van der Waals surface area (Å²) in [7, 11) is 1.31. The Kier molecular flexibility index (Phi) is 6.19. The number of rotatable bonds is 6. The van der Waals surface area contributed by atoms with E-state index in [1.807, 2.05) is 0 Å². The smallest absolute Gasteiger partial charge is 0.337 e. The number of esters is 2. The number of halogens is 1. The first-order chi connectivity index (χ1) is 14.0. The molecule has 0 aliphatic rings. The van der Waals surface area contributed by atoms with Crippen molar-refractivity contribution in [3.8, 4) is 11.3 Å². The van der Waals surface area contributed by atoms with Gasteiger partial charge in [-0.2, -0.15) is 0 Å². The van der Waals surface area contributed by atoms with E-state index in [9.17, 15) is 14.0 Å². The van der Waals surface area contributed by atoms with Crippen LogP contribution in [0.2, 0.25) is 0 Å². The van der Waals surface area contributed by atoms with Crippen molar-refractivity contribution in [2.24, 2.45) is 0 Å².